The summed E-state index contributed by atoms with van der Waals surface area (Å²) in [7, 11) is 2.17. The lowest BCUT2D eigenvalue weighted by atomic mass is 10.0. The molecule has 5 nitrogen and oxygen atoms in total. The van der Waals surface area contributed by atoms with Crippen LogP contribution >= 0.6 is 0 Å². The fourth-order valence-corrected chi connectivity index (χ4v) is 2.57. The molecular formula is C13H18N4O. The van der Waals surface area contributed by atoms with Crippen molar-refractivity contribution in [1.82, 2.24) is 20.2 Å². The van der Waals surface area contributed by atoms with Gasteiger partial charge in [-0.1, -0.05) is 6.07 Å². The summed E-state index contributed by atoms with van der Waals surface area (Å²) in [6.45, 7) is 3.18. The number of likely N-dealkylation sites (N-methyl/N-ethyl adjacent to an activating group) is 1. The summed E-state index contributed by atoms with van der Waals surface area (Å²) in [4.78, 5) is 19.2. The molecule has 1 saturated heterocycles. The molecule has 1 aromatic heterocycles. The predicted octanol–water partition coefficient (Wildman–Crippen LogP) is 0.302. The maximum absolute atomic E-state index is 11.2. The molecule has 1 atom stereocenters. The smallest absolute Gasteiger partial charge is 0.314 e. The summed E-state index contributed by atoms with van der Waals surface area (Å²) >= 11 is 0. The Morgan fingerprint density at radius 1 is 1.33 bits per heavy atom. The van der Waals surface area contributed by atoms with Gasteiger partial charge in [0.25, 0.3) is 0 Å². The number of hydrogen-bond donors (Lipinski definition) is 3. The van der Waals surface area contributed by atoms with Gasteiger partial charge in [0.05, 0.1) is 11.0 Å². The molecule has 1 aliphatic rings. The number of rotatable bonds is 2. The molecule has 2 heterocycles. The van der Waals surface area contributed by atoms with Gasteiger partial charge in [-0.3, -0.25) is 0 Å². The average molecular weight is 246 g/mol. The Morgan fingerprint density at radius 2 is 2.17 bits per heavy atom. The van der Waals surface area contributed by atoms with Crippen LogP contribution in [-0.2, 0) is 6.42 Å². The van der Waals surface area contributed by atoms with E-state index in [0.717, 1.165) is 37.1 Å². The second-order valence-electron chi connectivity index (χ2n) is 5.00. The first-order valence-corrected chi connectivity index (χ1v) is 6.34. The Labute approximate surface area is 105 Å². The predicted molar refractivity (Wildman–Crippen MR) is 71.9 cm³/mol. The van der Waals surface area contributed by atoms with Crippen LogP contribution in [0.25, 0.3) is 11.0 Å². The molecule has 2 aromatic rings. The molecule has 1 unspecified atom stereocenters. The molecule has 0 amide bonds. The molecule has 0 radical (unpaired) electrons. The van der Waals surface area contributed by atoms with Crippen LogP contribution in [0.4, 0.5) is 0 Å². The molecule has 0 saturated carbocycles. The number of nitrogens with zero attached hydrogens (tertiary/aromatic N) is 1. The van der Waals surface area contributed by atoms with Crippen molar-refractivity contribution in [3.05, 3.63) is 34.2 Å². The van der Waals surface area contributed by atoms with E-state index in [0.29, 0.717) is 6.04 Å². The van der Waals surface area contributed by atoms with Gasteiger partial charge in [0, 0.05) is 25.7 Å². The minimum absolute atomic E-state index is 0.140. The Morgan fingerprint density at radius 3 is 3.00 bits per heavy atom. The number of hydrogen-bond acceptors (Lipinski definition) is 3. The molecule has 96 valence electrons. The van der Waals surface area contributed by atoms with Crippen molar-refractivity contribution >= 4 is 11.0 Å². The van der Waals surface area contributed by atoms with Gasteiger partial charge in [-0.25, -0.2) is 4.79 Å². The van der Waals surface area contributed by atoms with E-state index in [4.69, 9.17) is 0 Å². The van der Waals surface area contributed by atoms with E-state index in [1.54, 1.807) is 0 Å². The fraction of sp³-hybridized carbons (Fsp3) is 0.462. The van der Waals surface area contributed by atoms with Gasteiger partial charge in [-0.15, -0.1) is 0 Å². The zero-order valence-corrected chi connectivity index (χ0v) is 10.5. The van der Waals surface area contributed by atoms with Crippen LogP contribution in [0.2, 0.25) is 0 Å². The van der Waals surface area contributed by atoms with Crippen molar-refractivity contribution in [3.63, 3.8) is 0 Å². The second-order valence-corrected chi connectivity index (χ2v) is 5.00. The first-order valence-electron chi connectivity index (χ1n) is 6.34. The van der Waals surface area contributed by atoms with E-state index in [2.05, 4.69) is 39.4 Å². The highest BCUT2D eigenvalue weighted by Crippen LogP contribution is 2.14. The summed E-state index contributed by atoms with van der Waals surface area (Å²) in [5, 5.41) is 3.42. The quantitative estimate of drug-likeness (QED) is 0.714. The summed E-state index contributed by atoms with van der Waals surface area (Å²) in [5.74, 6) is 0. The van der Waals surface area contributed by atoms with Crippen LogP contribution in [0.15, 0.2) is 23.0 Å². The highest BCUT2D eigenvalue weighted by molar-refractivity contribution is 5.75. The second kappa shape index (κ2) is 4.59. The SMILES string of the molecule is CN1CCNCC1Cc1ccc2[nH]c(=O)[nH]c2c1. The highest BCUT2D eigenvalue weighted by Gasteiger charge is 2.18. The van der Waals surface area contributed by atoms with Crippen molar-refractivity contribution in [1.29, 1.82) is 0 Å². The Bertz CT molecular complexity index is 600. The number of fused-ring (bicyclic) bond motifs is 1. The zero-order chi connectivity index (χ0) is 12.5. The molecule has 3 rings (SSSR count). The standard InChI is InChI=1S/C13H18N4O/c1-17-5-4-14-8-10(17)6-9-2-3-11-12(7-9)16-13(18)15-11/h2-3,7,10,14H,4-6,8H2,1H3,(H2,15,16,18). The highest BCUT2D eigenvalue weighted by atomic mass is 16.1. The molecule has 3 N–H and O–H groups in total. The summed E-state index contributed by atoms with van der Waals surface area (Å²) < 4.78 is 0. The first-order chi connectivity index (χ1) is 8.72. The molecule has 0 bridgehead atoms. The van der Waals surface area contributed by atoms with Crippen LogP contribution in [0.3, 0.4) is 0 Å². The Balaban J connectivity index is 1.83. The van der Waals surface area contributed by atoms with Gasteiger partial charge in [-0.05, 0) is 31.2 Å². The number of aromatic nitrogens is 2. The normalized spacial score (nSPS) is 21.5. The maximum Gasteiger partial charge on any atom is 0.323 e. The largest absolute Gasteiger partial charge is 0.323 e. The van der Waals surface area contributed by atoms with Crippen molar-refractivity contribution in [3.8, 4) is 0 Å². The third-order valence-corrected chi connectivity index (χ3v) is 3.70. The van der Waals surface area contributed by atoms with Gasteiger partial charge in [0.1, 0.15) is 0 Å². The third-order valence-electron chi connectivity index (χ3n) is 3.70. The summed E-state index contributed by atoms with van der Waals surface area (Å²) in [5.41, 5.74) is 2.89. The topological polar surface area (TPSA) is 63.9 Å². The van der Waals surface area contributed by atoms with E-state index >= 15 is 0 Å². The number of imidazole rings is 1. The minimum Gasteiger partial charge on any atom is -0.314 e. The lowest BCUT2D eigenvalue weighted by Crippen LogP contribution is -2.50. The van der Waals surface area contributed by atoms with Crippen molar-refractivity contribution in [2.45, 2.75) is 12.5 Å². The maximum atomic E-state index is 11.2. The van der Waals surface area contributed by atoms with E-state index in [1.807, 2.05) is 6.07 Å². The number of nitrogens with one attached hydrogen (secondary N) is 3. The molecular weight excluding hydrogens is 228 g/mol. The molecule has 5 heteroatoms. The lowest BCUT2D eigenvalue weighted by molar-refractivity contribution is 0.199. The van der Waals surface area contributed by atoms with E-state index < -0.39 is 0 Å². The lowest BCUT2D eigenvalue weighted by Gasteiger charge is -2.33. The Kier molecular flexibility index (Phi) is 2.93. The van der Waals surface area contributed by atoms with E-state index in [-0.39, 0.29) is 5.69 Å². The van der Waals surface area contributed by atoms with Crippen LogP contribution in [0.5, 0.6) is 0 Å². The van der Waals surface area contributed by atoms with Crippen LogP contribution in [0, 0.1) is 0 Å². The zero-order valence-electron chi connectivity index (χ0n) is 10.5. The third kappa shape index (κ3) is 2.19. The van der Waals surface area contributed by atoms with Gasteiger partial charge in [0.15, 0.2) is 0 Å². The monoisotopic (exact) mass is 246 g/mol. The Hall–Kier alpha value is -1.59. The number of benzene rings is 1. The number of piperazine rings is 1. The van der Waals surface area contributed by atoms with Gasteiger partial charge in [-0.2, -0.15) is 0 Å². The first kappa shape index (κ1) is 11.5. The molecule has 1 fully saturated rings. The van der Waals surface area contributed by atoms with Crippen LogP contribution < -0.4 is 11.0 Å². The summed E-state index contributed by atoms with van der Waals surface area (Å²) in [6, 6.07) is 6.66. The van der Waals surface area contributed by atoms with Crippen LogP contribution in [0.1, 0.15) is 5.56 Å². The molecule has 1 aromatic carbocycles. The van der Waals surface area contributed by atoms with Crippen molar-refractivity contribution in [2.75, 3.05) is 26.7 Å². The number of H-pyrrole nitrogens is 2. The number of aromatic amines is 2. The molecule has 18 heavy (non-hydrogen) atoms. The van der Waals surface area contributed by atoms with Crippen molar-refractivity contribution < 1.29 is 0 Å². The molecule has 0 aliphatic carbocycles. The minimum atomic E-state index is -0.140. The summed E-state index contributed by atoms with van der Waals surface area (Å²) in [6.07, 6.45) is 1.01. The van der Waals surface area contributed by atoms with Crippen molar-refractivity contribution in [2.24, 2.45) is 0 Å². The van der Waals surface area contributed by atoms with E-state index in [9.17, 15) is 4.79 Å². The molecule has 1 aliphatic heterocycles. The van der Waals surface area contributed by atoms with Crippen LogP contribution in [-0.4, -0.2) is 47.6 Å². The fourth-order valence-electron chi connectivity index (χ4n) is 2.57. The van der Waals surface area contributed by atoms with Gasteiger partial charge < -0.3 is 20.2 Å². The average Bonchev–Trinajstić information content (AvgIpc) is 2.71. The molecule has 0 spiro atoms. The van der Waals surface area contributed by atoms with E-state index in [1.165, 1.54) is 5.56 Å². The van der Waals surface area contributed by atoms with Gasteiger partial charge >= 0.3 is 5.69 Å². The van der Waals surface area contributed by atoms with Gasteiger partial charge in [0.2, 0.25) is 0 Å².